The molecule has 1 aromatic heterocycles. The first-order valence-corrected chi connectivity index (χ1v) is 9.07. The molecule has 136 valence electrons. The molecule has 1 amide bonds. The fourth-order valence-electron chi connectivity index (χ4n) is 2.31. The lowest BCUT2D eigenvalue weighted by Gasteiger charge is -2.12. The standard InChI is InChI=1S/C15H18ClFN4O3S/c1-9-15(25(23,24)20(3)4)10(2)21(19-9)8-14(22)18-13-6-5-11(16)7-12(13)17/h5-7H,8H2,1-4H3,(H,18,22). The molecule has 0 saturated carbocycles. The van der Waals surface area contributed by atoms with Gasteiger partial charge in [-0.3, -0.25) is 9.48 Å². The van der Waals surface area contributed by atoms with Crippen molar-refractivity contribution in [2.45, 2.75) is 25.3 Å². The van der Waals surface area contributed by atoms with E-state index in [2.05, 4.69) is 10.4 Å². The zero-order valence-electron chi connectivity index (χ0n) is 14.2. The minimum absolute atomic E-state index is 0.0166. The van der Waals surface area contributed by atoms with Crippen LogP contribution in [0.2, 0.25) is 5.02 Å². The minimum Gasteiger partial charge on any atom is -0.322 e. The van der Waals surface area contributed by atoms with Gasteiger partial charge in [0.25, 0.3) is 0 Å². The predicted molar refractivity (Wildman–Crippen MR) is 92.6 cm³/mol. The van der Waals surface area contributed by atoms with Crippen LogP contribution in [0.3, 0.4) is 0 Å². The van der Waals surface area contributed by atoms with Gasteiger partial charge in [0.15, 0.2) is 0 Å². The quantitative estimate of drug-likeness (QED) is 0.850. The summed E-state index contributed by atoms with van der Waals surface area (Å²) in [4.78, 5) is 12.2. The first-order chi connectivity index (χ1) is 11.5. The highest BCUT2D eigenvalue weighted by molar-refractivity contribution is 7.89. The number of hydrogen-bond acceptors (Lipinski definition) is 4. The molecule has 25 heavy (non-hydrogen) atoms. The van der Waals surface area contributed by atoms with Gasteiger partial charge < -0.3 is 5.32 Å². The fourth-order valence-corrected chi connectivity index (χ4v) is 3.72. The van der Waals surface area contributed by atoms with E-state index in [9.17, 15) is 17.6 Å². The third kappa shape index (κ3) is 4.00. The van der Waals surface area contributed by atoms with Gasteiger partial charge in [0, 0.05) is 19.1 Å². The molecule has 0 radical (unpaired) electrons. The number of rotatable bonds is 5. The number of nitrogens with zero attached hydrogens (tertiary/aromatic N) is 3. The summed E-state index contributed by atoms with van der Waals surface area (Å²) in [7, 11) is -0.843. The number of aryl methyl sites for hydroxylation is 1. The van der Waals surface area contributed by atoms with Crippen molar-refractivity contribution < 1.29 is 17.6 Å². The van der Waals surface area contributed by atoms with Crippen LogP contribution in [0.25, 0.3) is 0 Å². The topological polar surface area (TPSA) is 84.3 Å². The number of nitrogens with one attached hydrogen (secondary N) is 1. The number of carbonyl (C=O) groups is 1. The van der Waals surface area contributed by atoms with Crippen LogP contribution in [0.4, 0.5) is 10.1 Å². The van der Waals surface area contributed by atoms with Crippen LogP contribution >= 0.6 is 11.6 Å². The summed E-state index contributed by atoms with van der Waals surface area (Å²) in [5.41, 5.74) is 0.603. The molecule has 2 aromatic rings. The highest BCUT2D eigenvalue weighted by Gasteiger charge is 2.27. The smallest absolute Gasteiger partial charge is 0.246 e. The number of amides is 1. The Bertz CT molecular complexity index is 925. The zero-order chi connectivity index (χ0) is 18.9. The van der Waals surface area contributed by atoms with E-state index in [0.29, 0.717) is 5.69 Å². The summed E-state index contributed by atoms with van der Waals surface area (Å²) in [6, 6.07) is 3.88. The van der Waals surface area contributed by atoms with Crippen molar-refractivity contribution >= 4 is 33.2 Å². The number of anilines is 1. The van der Waals surface area contributed by atoms with Crippen molar-refractivity contribution in [2.24, 2.45) is 0 Å². The summed E-state index contributed by atoms with van der Waals surface area (Å²) >= 11 is 5.66. The Balaban J connectivity index is 2.25. The van der Waals surface area contributed by atoms with Crippen LogP contribution in [-0.2, 0) is 21.4 Å². The molecule has 0 spiro atoms. The largest absolute Gasteiger partial charge is 0.322 e. The number of sulfonamides is 1. The normalized spacial score (nSPS) is 11.8. The van der Waals surface area contributed by atoms with Crippen LogP contribution in [-0.4, -0.2) is 42.5 Å². The van der Waals surface area contributed by atoms with Gasteiger partial charge in [0.2, 0.25) is 15.9 Å². The lowest BCUT2D eigenvalue weighted by atomic mass is 10.3. The Morgan fingerprint density at radius 2 is 2.00 bits per heavy atom. The highest BCUT2D eigenvalue weighted by Crippen LogP contribution is 2.22. The van der Waals surface area contributed by atoms with Gasteiger partial charge in [-0.2, -0.15) is 5.10 Å². The lowest BCUT2D eigenvalue weighted by molar-refractivity contribution is -0.117. The number of aromatic nitrogens is 2. The molecule has 0 bridgehead atoms. The van der Waals surface area contributed by atoms with E-state index in [1.165, 1.54) is 30.9 Å². The maximum atomic E-state index is 13.7. The molecule has 0 aliphatic carbocycles. The lowest BCUT2D eigenvalue weighted by Crippen LogP contribution is -2.24. The van der Waals surface area contributed by atoms with Crippen LogP contribution in [0, 0.1) is 19.7 Å². The maximum absolute atomic E-state index is 13.7. The van der Waals surface area contributed by atoms with Gasteiger partial charge in [0.1, 0.15) is 17.3 Å². The molecule has 0 atom stereocenters. The molecule has 10 heteroatoms. The van der Waals surface area contributed by atoms with Crippen LogP contribution in [0.1, 0.15) is 11.4 Å². The maximum Gasteiger partial charge on any atom is 0.246 e. The Hall–Kier alpha value is -1.97. The fraction of sp³-hybridized carbons (Fsp3) is 0.333. The number of carbonyl (C=O) groups excluding carboxylic acids is 1. The van der Waals surface area contributed by atoms with Gasteiger partial charge in [0.05, 0.1) is 17.1 Å². The van der Waals surface area contributed by atoms with Gasteiger partial charge >= 0.3 is 0 Å². The summed E-state index contributed by atoms with van der Waals surface area (Å²) in [6.45, 7) is 2.86. The second-order valence-corrected chi connectivity index (χ2v) is 8.14. The first-order valence-electron chi connectivity index (χ1n) is 7.25. The number of benzene rings is 1. The summed E-state index contributed by atoms with van der Waals surface area (Å²) in [6.07, 6.45) is 0. The molecule has 0 unspecified atom stereocenters. The molecule has 0 fully saturated rings. The van der Waals surface area contributed by atoms with Crippen LogP contribution < -0.4 is 5.32 Å². The first kappa shape index (κ1) is 19.4. The summed E-state index contributed by atoms with van der Waals surface area (Å²) in [5, 5.41) is 6.74. The second kappa shape index (κ2) is 7.11. The van der Waals surface area contributed by atoms with Crippen molar-refractivity contribution in [2.75, 3.05) is 19.4 Å². The van der Waals surface area contributed by atoms with Gasteiger partial charge in [-0.1, -0.05) is 11.6 Å². The SMILES string of the molecule is Cc1nn(CC(=O)Nc2ccc(Cl)cc2F)c(C)c1S(=O)(=O)N(C)C. The van der Waals surface area contributed by atoms with Crippen molar-refractivity contribution in [3.63, 3.8) is 0 Å². The van der Waals surface area contributed by atoms with Crippen molar-refractivity contribution in [1.82, 2.24) is 14.1 Å². The molecule has 0 aliphatic rings. The zero-order valence-corrected chi connectivity index (χ0v) is 15.7. The summed E-state index contributed by atoms with van der Waals surface area (Å²) in [5.74, 6) is -1.20. The van der Waals surface area contributed by atoms with Gasteiger partial charge in [-0.25, -0.2) is 17.1 Å². The molecule has 0 saturated heterocycles. The number of halogens is 2. The Morgan fingerprint density at radius 3 is 2.56 bits per heavy atom. The molecule has 1 N–H and O–H groups in total. The Labute approximate surface area is 150 Å². The van der Waals surface area contributed by atoms with E-state index in [4.69, 9.17) is 11.6 Å². The van der Waals surface area contributed by atoms with Crippen molar-refractivity contribution in [3.8, 4) is 0 Å². The van der Waals surface area contributed by atoms with Gasteiger partial charge in [-0.15, -0.1) is 0 Å². The summed E-state index contributed by atoms with van der Waals surface area (Å²) < 4.78 is 40.8. The van der Waals surface area contributed by atoms with Crippen molar-refractivity contribution in [3.05, 3.63) is 40.4 Å². The van der Waals surface area contributed by atoms with E-state index < -0.39 is 21.7 Å². The van der Waals surface area contributed by atoms with E-state index in [1.807, 2.05) is 0 Å². The van der Waals surface area contributed by atoms with Crippen molar-refractivity contribution in [1.29, 1.82) is 0 Å². The Morgan fingerprint density at radius 1 is 1.36 bits per heavy atom. The Kier molecular flexibility index (Phi) is 5.50. The molecule has 0 aliphatic heterocycles. The average Bonchev–Trinajstić information content (AvgIpc) is 2.76. The van der Waals surface area contributed by atoms with E-state index in [-0.39, 0.29) is 27.8 Å². The second-order valence-electron chi connectivity index (χ2n) is 5.62. The molecule has 2 rings (SSSR count). The predicted octanol–water partition coefficient (Wildman–Crippen LogP) is 2.18. The van der Waals surface area contributed by atoms with Gasteiger partial charge in [-0.05, 0) is 32.0 Å². The van der Waals surface area contributed by atoms with Crippen LogP contribution in [0.5, 0.6) is 0 Å². The minimum atomic E-state index is -3.68. The van der Waals surface area contributed by atoms with E-state index in [1.54, 1.807) is 13.8 Å². The molecule has 7 nitrogen and oxygen atoms in total. The molecule has 1 aromatic carbocycles. The molecule has 1 heterocycles. The van der Waals surface area contributed by atoms with Crippen LogP contribution in [0.15, 0.2) is 23.1 Å². The monoisotopic (exact) mass is 388 g/mol. The van der Waals surface area contributed by atoms with E-state index in [0.717, 1.165) is 10.4 Å². The molecular weight excluding hydrogens is 371 g/mol. The third-order valence-corrected chi connectivity index (χ3v) is 5.86. The highest BCUT2D eigenvalue weighted by atomic mass is 35.5. The number of hydrogen-bond donors (Lipinski definition) is 1. The van der Waals surface area contributed by atoms with E-state index >= 15 is 0 Å². The third-order valence-electron chi connectivity index (χ3n) is 3.55. The average molecular weight is 389 g/mol. The molecular formula is C15H18ClFN4O3S.